The molecule has 0 fully saturated rings. The summed E-state index contributed by atoms with van der Waals surface area (Å²) in [4.78, 5) is 49.1. The fourth-order valence-corrected chi connectivity index (χ4v) is 3.78. The minimum atomic E-state index is -4.65. The van der Waals surface area contributed by atoms with Crippen molar-refractivity contribution in [3.05, 3.63) is 45.5 Å². The van der Waals surface area contributed by atoms with Crippen LogP contribution >= 0.6 is 0 Å². The number of carbonyl (C=O) groups excluding carboxylic acids is 3. The van der Waals surface area contributed by atoms with E-state index in [4.69, 9.17) is 0 Å². The van der Waals surface area contributed by atoms with Crippen molar-refractivity contribution < 1.29 is 32.5 Å². The van der Waals surface area contributed by atoms with Crippen molar-refractivity contribution >= 4 is 17.7 Å². The van der Waals surface area contributed by atoms with Gasteiger partial charge in [0.25, 0.3) is 0 Å². The third kappa shape index (κ3) is 9.46. The minimum absolute atomic E-state index is 0.0195. The van der Waals surface area contributed by atoms with Crippen LogP contribution < -0.4 is 16.0 Å². The summed E-state index contributed by atoms with van der Waals surface area (Å²) in [6.07, 6.45) is -4.87. The number of hydrogen-bond acceptors (Lipinski definition) is 5. The molecule has 0 aromatic heterocycles. The van der Waals surface area contributed by atoms with Crippen LogP contribution in [0.3, 0.4) is 0 Å². The van der Waals surface area contributed by atoms with Crippen molar-refractivity contribution in [2.75, 3.05) is 13.6 Å². The fourth-order valence-electron chi connectivity index (χ4n) is 3.78. The second-order valence-electron chi connectivity index (χ2n) is 10.2. The molecule has 1 aromatic rings. The molecule has 0 bridgehead atoms. The monoisotopic (exact) mass is 516 g/mol. The molecule has 9 nitrogen and oxygen atoms in total. The van der Waals surface area contributed by atoms with Gasteiger partial charge in [-0.15, -0.1) is 0 Å². The number of hydrogen-bond donors (Lipinski definition) is 3. The molecule has 3 atom stereocenters. The zero-order chi connectivity index (χ0) is 27.8. The Labute approximate surface area is 208 Å². The van der Waals surface area contributed by atoms with E-state index in [-0.39, 0.29) is 17.9 Å². The average molecular weight is 517 g/mol. The van der Waals surface area contributed by atoms with E-state index in [1.165, 1.54) is 25.2 Å². The number of alkyl halides is 3. The number of amides is 3. The van der Waals surface area contributed by atoms with E-state index in [2.05, 4.69) is 16.0 Å². The lowest BCUT2D eigenvalue weighted by atomic mass is 9.85. The standard InChI is InChI=1S/C24H35F3N4O5/c1-14(2)11-16(13-31(35)36)20(32)30-19(23(3,4)5)22(34)29-18(21(33)28-6)12-15-9-7-8-10-17(15)24(25,26)27/h7-10,14,16,18-19H,11-13H2,1-6H3,(H,28,33)(H,29,34)(H,30,32)/t16-,18+,19-/m1/s1. The summed E-state index contributed by atoms with van der Waals surface area (Å²) in [5, 5.41) is 18.4. The second kappa shape index (κ2) is 12.7. The first-order valence-electron chi connectivity index (χ1n) is 11.6. The molecule has 3 N–H and O–H groups in total. The largest absolute Gasteiger partial charge is 0.416 e. The summed E-state index contributed by atoms with van der Waals surface area (Å²) in [5.74, 6) is -3.20. The first-order chi connectivity index (χ1) is 16.5. The van der Waals surface area contributed by atoms with Crippen LogP contribution in [-0.4, -0.2) is 48.3 Å². The molecule has 3 amide bonds. The van der Waals surface area contributed by atoms with Gasteiger partial charge in [0.1, 0.15) is 18.0 Å². The molecular weight excluding hydrogens is 481 g/mol. The smallest absolute Gasteiger partial charge is 0.357 e. The summed E-state index contributed by atoms with van der Waals surface area (Å²) in [5.41, 5.74) is -1.99. The lowest BCUT2D eigenvalue weighted by molar-refractivity contribution is -0.486. The lowest BCUT2D eigenvalue weighted by Gasteiger charge is -2.32. The topological polar surface area (TPSA) is 130 Å². The molecule has 0 aliphatic heterocycles. The predicted molar refractivity (Wildman–Crippen MR) is 127 cm³/mol. The number of likely N-dealkylation sites (N-methyl/N-ethyl adjacent to an activating group) is 1. The van der Waals surface area contributed by atoms with Crippen molar-refractivity contribution in [2.24, 2.45) is 17.3 Å². The quantitative estimate of drug-likeness (QED) is 0.308. The molecule has 12 heteroatoms. The SMILES string of the molecule is CNC(=O)[C@H](Cc1ccccc1C(F)(F)F)NC(=O)[C@@H](NC(=O)[C@H](CC(C)C)C[N+](=O)[O-])C(C)(C)C. The van der Waals surface area contributed by atoms with E-state index < -0.39 is 70.8 Å². The molecule has 0 saturated carbocycles. The fraction of sp³-hybridized carbons (Fsp3) is 0.625. The number of nitrogens with zero attached hydrogens (tertiary/aromatic N) is 1. The first kappa shape index (κ1) is 30.9. The van der Waals surface area contributed by atoms with Gasteiger partial charge in [0, 0.05) is 18.4 Å². The maximum Gasteiger partial charge on any atom is 0.416 e. The highest BCUT2D eigenvalue weighted by molar-refractivity contribution is 5.93. The van der Waals surface area contributed by atoms with E-state index in [0.29, 0.717) is 0 Å². The lowest BCUT2D eigenvalue weighted by Crippen LogP contribution is -2.59. The maximum atomic E-state index is 13.4. The van der Waals surface area contributed by atoms with Crippen molar-refractivity contribution in [3.63, 3.8) is 0 Å². The molecule has 0 spiro atoms. The molecule has 1 aromatic carbocycles. The maximum absolute atomic E-state index is 13.4. The van der Waals surface area contributed by atoms with Gasteiger partial charge < -0.3 is 16.0 Å². The van der Waals surface area contributed by atoms with Crippen molar-refractivity contribution in [1.82, 2.24) is 16.0 Å². The number of halogens is 3. The highest BCUT2D eigenvalue weighted by atomic mass is 19.4. The van der Waals surface area contributed by atoms with Crippen molar-refractivity contribution in [3.8, 4) is 0 Å². The Morgan fingerprint density at radius 2 is 1.58 bits per heavy atom. The third-order valence-electron chi connectivity index (χ3n) is 5.54. The summed E-state index contributed by atoms with van der Waals surface area (Å²) < 4.78 is 40.3. The number of nitro groups is 1. The van der Waals surface area contributed by atoms with Crippen LogP contribution in [0.4, 0.5) is 13.2 Å². The van der Waals surface area contributed by atoms with Gasteiger partial charge in [0.05, 0.1) is 5.56 Å². The molecular formula is C24H35F3N4O5. The molecule has 0 radical (unpaired) electrons. The summed E-state index contributed by atoms with van der Waals surface area (Å²) in [6.45, 7) is 7.95. The van der Waals surface area contributed by atoms with Crippen LogP contribution in [0.5, 0.6) is 0 Å². The van der Waals surface area contributed by atoms with Gasteiger partial charge in [-0.05, 0) is 29.4 Å². The Kier molecular flexibility index (Phi) is 10.9. The number of carbonyl (C=O) groups is 3. The molecule has 0 aliphatic rings. The highest BCUT2D eigenvalue weighted by Gasteiger charge is 2.38. The molecule has 0 heterocycles. The second-order valence-corrected chi connectivity index (χ2v) is 10.2. The van der Waals surface area contributed by atoms with Gasteiger partial charge in [-0.25, -0.2) is 0 Å². The molecule has 0 saturated heterocycles. The van der Waals surface area contributed by atoms with Crippen LogP contribution in [0, 0.1) is 27.4 Å². The Morgan fingerprint density at radius 3 is 2.06 bits per heavy atom. The van der Waals surface area contributed by atoms with Gasteiger partial charge in [0.2, 0.25) is 24.3 Å². The van der Waals surface area contributed by atoms with Crippen LogP contribution in [0.1, 0.15) is 52.2 Å². The normalized spacial score (nSPS) is 14.5. The summed E-state index contributed by atoms with van der Waals surface area (Å²) in [7, 11) is 1.29. The molecule has 1 rings (SSSR count). The van der Waals surface area contributed by atoms with Gasteiger partial charge in [-0.2, -0.15) is 13.2 Å². The zero-order valence-corrected chi connectivity index (χ0v) is 21.4. The molecule has 202 valence electrons. The van der Waals surface area contributed by atoms with Crippen LogP contribution in [0.2, 0.25) is 0 Å². The number of rotatable bonds is 11. The van der Waals surface area contributed by atoms with Crippen LogP contribution in [0.15, 0.2) is 24.3 Å². The van der Waals surface area contributed by atoms with Crippen molar-refractivity contribution in [1.29, 1.82) is 0 Å². The van der Waals surface area contributed by atoms with Gasteiger partial charge in [-0.3, -0.25) is 24.5 Å². The number of nitrogens with one attached hydrogen (secondary N) is 3. The summed E-state index contributed by atoms with van der Waals surface area (Å²) in [6, 6.07) is 2.16. The Balaban J connectivity index is 3.22. The van der Waals surface area contributed by atoms with Crippen LogP contribution in [-0.2, 0) is 27.0 Å². The Hall–Kier alpha value is -3.18. The zero-order valence-electron chi connectivity index (χ0n) is 21.4. The van der Waals surface area contributed by atoms with E-state index in [1.54, 1.807) is 34.6 Å². The summed E-state index contributed by atoms with van der Waals surface area (Å²) >= 11 is 0. The van der Waals surface area contributed by atoms with Crippen molar-refractivity contribution in [2.45, 2.75) is 65.7 Å². The first-order valence-corrected chi connectivity index (χ1v) is 11.6. The molecule has 0 unspecified atom stereocenters. The highest BCUT2D eigenvalue weighted by Crippen LogP contribution is 2.32. The van der Waals surface area contributed by atoms with Crippen LogP contribution in [0.25, 0.3) is 0 Å². The number of benzene rings is 1. The van der Waals surface area contributed by atoms with Gasteiger partial charge >= 0.3 is 6.18 Å². The van der Waals surface area contributed by atoms with E-state index >= 15 is 0 Å². The van der Waals surface area contributed by atoms with Gasteiger partial charge in [0.15, 0.2) is 0 Å². The average Bonchev–Trinajstić information content (AvgIpc) is 2.73. The molecule has 0 aliphatic carbocycles. The Bertz CT molecular complexity index is 944. The Morgan fingerprint density at radius 1 is 1.00 bits per heavy atom. The van der Waals surface area contributed by atoms with E-state index in [1.807, 2.05) is 0 Å². The van der Waals surface area contributed by atoms with Gasteiger partial charge in [-0.1, -0.05) is 52.8 Å². The third-order valence-corrected chi connectivity index (χ3v) is 5.54. The molecule has 36 heavy (non-hydrogen) atoms. The predicted octanol–water partition coefficient (Wildman–Crippen LogP) is 2.95. The van der Waals surface area contributed by atoms with E-state index in [0.717, 1.165) is 6.07 Å². The minimum Gasteiger partial charge on any atom is -0.357 e. The van der Waals surface area contributed by atoms with E-state index in [9.17, 15) is 37.7 Å².